The number of para-hydroxylation sites is 1. The standard InChI is InChI=1S/C20H23FN4O.HI/c1-22-20(25-12-14-7-8-19(26-2)17(21)11-14)23-10-9-15-13-24-18-6-4-3-5-16(15)18;/h3-8,11,13,24H,9-10,12H2,1-2H3,(H2,22,23,25);1H. The number of aromatic amines is 1. The molecule has 5 nitrogen and oxygen atoms in total. The summed E-state index contributed by atoms with van der Waals surface area (Å²) < 4.78 is 18.7. The second-order valence-corrected chi connectivity index (χ2v) is 5.93. The quantitative estimate of drug-likeness (QED) is 0.284. The van der Waals surface area contributed by atoms with Crippen molar-refractivity contribution in [2.45, 2.75) is 13.0 Å². The van der Waals surface area contributed by atoms with Gasteiger partial charge in [-0.15, -0.1) is 24.0 Å². The van der Waals surface area contributed by atoms with Crippen LogP contribution in [-0.2, 0) is 13.0 Å². The summed E-state index contributed by atoms with van der Waals surface area (Å²) in [6, 6.07) is 13.2. The molecule has 1 heterocycles. The van der Waals surface area contributed by atoms with Crippen molar-refractivity contribution in [2.24, 2.45) is 4.99 Å². The predicted octanol–water partition coefficient (Wildman–Crippen LogP) is 3.84. The van der Waals surface area contributed by atoms with E-state index in [1.54, 1.807) is 13.1 Å². The van der Waals surface area contributed by atoms with Gasteiger partial charge in [-0.1, -0.05) is 24.3 Å². The van der Waals surface area contributed by atoms with Crippen LogP contribution in [0.4, 0.5) is 4.39 Å². The summed E-state index contributed by atoms with van der Waals surface area (Å²) in [5.41, 5.74) is 3.23. The lowest BCUT2D eigenvalue weighted by atomic mass is 10.1. The highest BCUT2D eigenvalue weighted by Crippen LogP contribution is 2.18. The van der Waals surface area contributed by atoms with Gasteiger partial charge < -0.3 is 20.4 Å². The zero-order valence-corrected chi connectivity index (χ0v) is 17.7. The van der Waals surface area contributed by atoms with Gasteiger partial charge in [0.25, 0.3) is 0 Å². The minimum absolute atomic E-state index is 0. The third-order valence-corrected chi connectivity index (χ3v) is 4.26. The molecule has 1 aromatic heterocycles. The van der Waals surface area contributed by atoms with E-state index >= 15 is 0 Å². The number of aliphatic imine (C=N–C) groups is 1. The molecule has 0 aliphatic carbocycles. The average molecular weight is 482 g/mol. The largest absolute Gasteiger partial charge is 0.494 e. The van der Waals surface area contributed by atoms with E-state index in [0.29, 0.717) is 12.5 Å². The number of rotatable bonds is 6. The Hall–Kier alpha value is -2.29. The molecule has 0 fully saturated rings. The van der Waals surface area contributed by atoms with Crippen LogP contribution in [0.15, 0.2) is 53.7 Å². The number of ether oxygens (including phenoxy) is 1. The van der Waals surface area contributed by atoms with Gasteiger partial charge in [-0.05, 0) is 35.7 Å². The Morgan fingerprint density at radius 1 is 1.19 bits per heavy atom. The Morgan fingerprint density at radius 3 is 2.74 bits per heavy atom. The number of methoxy groups -OCH3 is 1. The first-order valence-electron chi connectivity index (χ1n) is 8.53. The topological polar surface area (TPSA) is 61.4 Å². The van der Waals surface area contributed by atoms with Gasteiger partial charge in [-0.3, -0.25) is 4.99 Å². The van der Waals surface area contributed by atoms with Crippen molar-refractivity contribution >= 4 is 40.8 Å². The number of fused-ring (bicyclic) bond motifs is 1. The van der Waals surface area contributed by atoms with Crippen LogP contribution >= 0.6 is 24.0 Å². The summed E-state index contributed by atoms with van der Waals surface area (Å²) >= 11 is 0. The van der Waals surface area contributed by atoms with Crippen molar-refractivity contribution in [3.63, 3.8) is 0 Å². The smallest absolute Gasteiger partial charge is 0.191 e. The van der Waals surface area contributed by atoms with Gasteiger partial charge in [0.2, 0.25) is 0 Å². The number of nitrogens with zero attached hydrogens (tertiary/aromatic N) is 1. The van der Waals surface area contributed by atoms with E-state index < -0.39 is 0 Å². The lowest BCUT2D eigenvalue weighted by Crippen LogP contribution is -2.37. The fraction of sp³-hybridized carbons (Fsp3) is 0.250. The summed E-state index contributed by atoms with van der Waals surface area (Å²) in [5.74, 6) is 0.560. The van der Waals surface area contributed by atoms with Crippen molar-refractivity contribution in [3.05, 3.63) is 65.6 Å². The van der Waals surface area contributed by atoms with Gasteiger partial charge in [0.1, 0.15) is 0 Å². The van der Waals surface area contributed by atoms with Crippen LogP contribution in [0, 0.1) is 5.82 Å². The van der Waals surface area contributed by atoms with E-state index in [9.17, 15) is 4.39 Å². The molecule has 0 unspecified atom stereocenters. The normalized spacial score (nSPS) is 11.1. The molecule has 0 aliphatic rings. The first-order valence-corrected chi connectivity index (χ1v) is 8.53. The molecule has 0 amide bonds. The molecular weight excluding hydrogens is 458 g/mol. The summed E-state index contributed by atoms with van der Waals surface area (Å²) in [7, 11) is 3.17. The lowest BCUT2D eigenvalue weighted by Gasteiger charge is -2.12. The second-order valence-electron chi connectivity index (χ2n) is 5.93. The Kier molecular flexibility index (Phi) is 7.90. The molecule has 2 aromatic carbocycles. The lowest BCUT2D eigenvalue weighted by molar-refractivity contribution is 0.386. The minimum Gasteiger partial charge on any atom is -0.494 e. The zero-order chi connectivity index (χ0) is 18.4. The summed E-state index contributed by atoms with van der Waals surface area (Å²) in [5, 5.41) is 7.72. The number of halogens is 2. The molecule has 3 aromatic rings. The van der Waals surface area contributed by atoms with Crippen LogP contribution in [0.2, 0.25) is 0 Å². The molecule has 0 atom stereocenters. The van der Waals surface area contributed by atoms with Gasteiger partial charge in [-0.2, -0.15) is 0 Å². The van der Waals surface area contributed by atoms with Crippen LogP contribution < -0.4 is 15.4 Å². The molecule has 144 valence electrons. The predicted molar refractivity (Wildman–Crippen MR) is 119 cm³/mol. The fourth-order valence-electron chi connectivity index (χ4n) is 2.88. The Morgan fingerprint density at radius 2 is 2.00 bits per heavy atom. The van der Waals surface area contributed by atoms with Crippen molar-refractivity contribution in [3.8, 4) is 5.75 Å². The van der Waals surface area contributed by atoms with Crippen molar-refractivity contribution in [1.82, 2.24) is 15.6 Å². The second kappa shape index (κ2) is 10.1. The first kappa shape index (κ1) is 21.0. The number of guanidine groups is 1. The molecule has 7 heteroatoms. The van der Waals surface area contributed by atoms with Crippen LogP contribution in [0.1, 0.15) is 11.1 Å². The van der Waals surface area contributed by atoms with Crippen LogP contribution in [0.25, 0.3) is 10.9 Å². The molecule has 0 spiro atoms. The van der Waals surface area contributed by atoms with Gasteiger partial charge >= 0.3 is 0 Å². The molecule has 3 N–H and O–H groups in total. The number of nitrogens with one attached hydrogen (secondary N) is 3. The highest BCUT2D eigenvalue weighted by atomic mass is 127. The van der Waals surface area contributed by atoms with E-state index in [4.69, 9.17) is 4.74 Å². The number of H-pyrrole nitrogens is 1. The van der Waals surface area contributed by atoms with E-state index in [1.165, 1.54) is 24.1 Å². The SMILES string of the molecule is CN=C(NCCc1c[nH]c2ccccc12)NCc1ccc(OC)c(F)c1.I. The van der Waals surface area contributed by atoms with Crippen molar-refractivity contribution < 1.29 is 9.13 Å². The third-order valence-electron chi connectivity index (χ3n) is 4.26. The highest BCUT2D eigenvalue weighted by Gasteiger charge is 2.06. The Labute approximate surface area is 175 Å². The van der Waals surface area contributed by atoms with Gasteiger partial charge in [0, 0.05) is 37.2 Å². The highest BCUT2D eigenvalue weighted by molar-refractivity contribution is 14.0. The van der Waals surface area contributed by atoms with Crippen LogP contribution in [0.5, 0.6) is 5.75 Å². The van der Waals surface area contributed by atoms with E-state index in [-0.39, 0.29) is 35.5 Å². The van der Waals surface area contributed by atoms with Crippen LogP contribution in [0.3, 0.4) is 0 Å². The number of aromatic nitrogens is 1. The summed E-state index contributed by atoms with van der Waals surface area (Å²) in [4.78, 5) is 7.49. The maximum atomic E-state index is 13.7. The van der Waals surface area contributed by atoms with E-state index in [2.05, 4.69) is 32.7 Å². The maximum absolute atomic E-state index is 13.7. The number of hydrogen-bond donors (Lipinski definition) is 3. The minimum atomic E-state index is -0.367. The number of hydrogen-bond acceptors (Lipinski definition) is 2. The van der Waals surface area contributed by atoms with Gasteiger partial charge in [-0.25, -0.2) is 4.39 Å². The maximum Gasteiger partial charge on any atom is 0.191 e. The zero-order valence-electron chi connectivity index (χ0n) is 15.4. The van der Waals surface area contributed by atoms with E-state index in [0.717, 1.165) is 24.0 Å². The molecule has 3 rings (SSSR count). The summed E-state index contributed by atoms with van der Waals surface area (Å²) in [6.07, 6.45) is 2.92. The monoisotopic (exact) mass is 482 g/mol. The van der Waals surface area contributed by atoms with Crippen molar-refractivity contribution in [2.75, 3.05) is 20.7 Å². The molecular formula is C20H24FIN4O. The van der Waals surface area contributed by atoms with Crippen LogP contribution in [-0.4, -0.2) is 31.6 Å². The third kappa shape index (κ3) is 5.35. The molecule has 0 saturated heterocycles. The first-order chi connectivity index (χ1) is 12.7. The number of benzene rings is 2. The molecule has 27 heavy (non-hydrogen) atoms. The molecule has 0 radical (unpaired) electrons. The summed E-state index contributed by atoms with van der Waals surface area (Å²) in [6.45, 7) is 1.23. The van der Waals surface area contributed by atoms with Gasteiger partial charge in [0.05, 0.1) is 7.11 Å². The molecule has 0 saturated carbocycles. The molecule has 0 bridgehead atoms. The van der Waals surface area contributed by atoms with Gasteiger partial charge in [0.15, 0.2) is 17.5 Å². The fourth-order valence-corrected chi connectivity index (χ4v) is 2.88. The van der Waals surface area contributed by atoms with Crippen molar-refractivity contribution in [1.29, 1.82) is 0 Å². The Bertz CT molecular complexity index is 910. The van der Waals surface area contributed by atoms with E-state index in [1.807, 2.05) is 24.4 Å². The Balaban J connectivity index is 0.00000261. The molecule has 0 aliphatic heterocycles. The average Bonchev–Trinajstić information content (AvgIpc) is 3.08.